The molecule has 1 aliphatic rings. The Kier molecular flexibility index (Phi) is 6.55. The highest BCUT2D eigenvalue weighted by Gasteiger charge is 2.40. The number of benzene rings is 4. The molecule has 35 heavy (non-hydrogen) atoms. The summed E-state index contributed by atoms with van der Waals surface area (Å²) in [7, 11) is 0. The molecular formula is C31H28NO3+. The van der Waals surface area contributed by atoms with E-state index in [0.717, 1.165) is 42.6 Å². The van der Waals surface area contributed by atoms with Crippen LogP contribution in [0.25, 0.3) is 11.1 Å². The summed E-state index contributed by atoms with van der Waals surface area (Å²) in [5.41, 5.74) is 3.64. The molecule has 0 atom stereocenters. The van der Waals surface area contributed by atoms with Crippen molar-refractivity contribution >= 4 is 11.8 Å². The number of hydrogen-bond acceptors (Lipinski definition) is 3. The van der Waals surface area contributed by atoms with E-state index in [2.05, 4.69) is 5.32 Å². The molecule has 4 aromatic carbocycles. The zero-order valence-electron chi connectivity index (χ0n) is 19.5. The zero-order valence-corrected chi connectivity index (χ0v) is 19.5. The van der Waals surface area contributed by atoms with Gasteiger partial charge in [-0.15, -0.1) is 0 Å². The van der Waals surface area contributed by atoms with Crippen LogP contribution in [0.4, 0.5) is 0 Å². The third-order valence-electron chi connectivity index (χ3n) is 6.74. The molecule has 4 nitrogen and oxygen atoms in total. The van der Waals surface area contributed by atoms with Gasteiger partial charge in [-0.25, -0.2) is 4.79 Å². The first-order chi connectivity index (χ1) is 17.2. The Hall–Kier alpha value is -4.02. The van der Waals surface area contributed by atoms with Crippen LogP contribution in [0.15, 0.2) is 109 Å². The number of rotatable bonds is 6. The number of quaternary nitrogens is 1. The molecule has 0 unspecified atom stereocenters. The molecule has 0 aromatic heterocycles. The minimum atomic E-state index is -0.680. The zero-order chi connectivity index (χ0) is 24.1. The second kappa shape index (κ2) is 10.1. The number of nitrogens with two attached hydrogens (primary N) is 1. The van der Waals surface area contributed by atoms with E-state index in [-0.39, 0.29) is 5.78 Å². The van der Waals surface area contributed by atoms with E-state index in [0.29, 0.717) is 16.7 Å². The maximum Gasteiger partial charge on any atom is 0.339 e. The van der Waals surface area contributed by atoms with Crippen molar-refractivity contribution in [3.8, 4) is 11.1 Å². The van der Waals surface area contributed by atoms with E-state index in [1.807, 2.05) is 84.9 Å². The monoisotopic (exact) mass is 462 g/mol. The number of ether oxygens (including phenoxy) is 1. The van der Waals surface area contributed by atoms with Crippen LogP contribution in [0.5, 0.6) is 0 Å². The van der Waals surface area contributed by atoms with Gasteiger partial charge in [-0.1, -0.05) is 103 Å². The summed E-state index contributed by atoms with van der Waals surface area (Å²) in [5.74, 6) is -0.650. The van der Waals surface area contributed by atoms with Crippen molar-refractivity contribution in [3.63, 3.8) is 0 Å². The lowest BCUT2D eigenvalue weighted by Gasteiger charge is -2.36. The quantitative estimate of drug-likeness (QED) is 0.324. The first-order valence-corrected chi connectivity index (χ1v) is 12.1. The van der Waals surface area contributed by atoms with E-state index in [1.54, 1.807) is 24.3 Å². The molecule has 0 spiro atoms. The molecule has 0 radical (unpaired) electrons. The Bertz CT molecular complexity index is 1310. The minimum Gasteiger partial charge on any atom is -0.450 e. The van der Waals surface area contributed by atoms with Gasteiger partial charge < -0.3 is 10.1 Å². The normalized spacial score (nSPS) is 14.7. The highest BCUT2D eigenvalue weighted by molar-refractivity contribution is 6.14. The first-order valence-electron chi connectivity index (χ1n) is 12.1. The summed E-state index contributed by atoms with van der Waals surface area (Å²) in [5, 5.41) is 2.24. The van der Waals surface area contributed by atoms with Crippen molar-refractivity contribution in [2.45, 2.75) is 18.4 Å². The molecule has 0 saturated carbocycles. The van der Waals surface area contributed by atoms with Crippen molar-refractivity contribution < 1.29 is 19.6 Å². The van der Waals surface area contributed by atoms with Crippen LogP contribution in [0, 0.1) is 0 Å². The number of carbonyl (C=O) groups excluding carboxylic acids is 2. The molecule has 1 heterocycles. The number of ketones is 1. The van der Waals surface area contributed by atoms with Crippen LogP contribution < -0.4 is 5.32 Å². The third-order valence-corrected chi connectivity index (χ3v) is 6.74. The maximum atomic E-state index is 13.5. The molecule has 2 N–H and O–H groups in total. The van der Waals surface area contributed by atoms with Crippen LogP contribution >= 0.6 is 0 Å². The van der Waals surface area contributed by atoms with Gasteiger partial charge in [0.2, 0.25) is 0 Å². The minimum absolute atomic E-state index is 0.192. The highest BCUT2D eigenvalue weighted by atomic mass is 16.6. The Morgan fingerprint density at radius 1 is 0.629 bits per heavy atom. The lowest BCUT2D eigenvalue weighted by Crippen LogP contribution is -2.87. The van der Waals surface area contributed by atoms with E-state index >= 15 is 0 Å². The fourth-order valence-corrected chi connectivity index (χ4v) is 4.82. The molecule has 1 saturated heterocycles. The van der Waals surface area contributed by atoms with Gasteiger partial charge in [0.05, 0.1) is 18.7 Å². The van der Waals surface area contributed by atoms with Gasteiger partial charge in [0.25, 0.3) is 0 Å². The fraction of sp³-hybridized carbons (Fsp3) is 0.161. The Morgan fingerprint density at radius 3 is 1.83 bits per heavy atom. The third kappa shape index (κ3) is 4.79. The number of esters is 1. The van der Waals surface area contributed by atoms with Gasteiger partial charge in [0, 0.05) is 24.0 Å². The van der Waals surface area contributed by atoms with Crippen molar-refractivity contribution in [1.82, 2.24) is 0 Å². The molecule has 0 aliphatic carbocycles. The van der Waals surface area contributed by atoms with Crippen molar-refractivity contribution in [2.24, 2.45) is 0 Å². The van der Waals surface area contributed by atoms with Crippen molar-refractivity contribution in [1.29, 1.82) is 0 Å². The van der Waals surface area contributed by atoms with Crippen LogP contribution in [-0.2, 0) is 10.3 Å². The highest BCUT2D eigenvalue weighted by Crippen LogP contribution is 2.35. The molecule has 174 valence electrons. The van der Waals surface area contributed by atoms with Gasteiger partial charge in [0.15, 0.2) is 5.78 Å². The summed E-state index contributed by atoms with van der Waals surface area (Å²) >= 11 is 0. The smallest absolute Gasteiger partial charge is 0.339 e. The van der Waals surface area contributed by atoms with E-state index in [4.69, 9.17) is 4.74 Å². The molecule has 4 aromatic rings. The molecule has 0 amide bonds. The van der Waals surface area contributed by atoms with Crippen LogP contribution in [0.1, 0.15) is 44.7 Å². The Morgan fingerprint density at radius 2 is 1.17 bits per heavy atom. The first kappa shape index (κ1) is 22.8. The maximum absolute atomic E-state index is 13.5. The second-order valence-corrected chi connectivity index (χ2v) is 8.93. The van der Waals surface area contributed by atoms with Gasteiger partial charge in [-0.2, -0.15) is 0 Å². The lowest BCUT2D eigenvalue weighted by atomic mass is 9.84. The average molecular weight is 463 g/mol. The predicted octanol–water partition coefficient (Wildman–Crippen LogP) is 4.99. The summed E-state index contributed by atoms with van der Waals surface area (Å²) < 4.78 is 6.24. The fourth-order valence-electron chi connectivity index (χ4n) is 4.82. The van der Waals surface area contributed by atoms with Gasteiger partial charge in [-0.3, -0.25) is 4.79 Å². The van der Waals surface area contributed by atoms with E-state index in [1.165, 1.54) is 0 Å². The average Bonchev–Trinajstić information content (AvgIpc) is 2.94. The molecule has 1 fully saturated rings. The topological polar surface area (TPSA) is 60.0 Å². The van der Waals surface area contributed by atoms with Gasteiger partial charge in [-0.05, 0) is 22.8 Å². The van der Waals surface area contributed by atoms with Crippen LogP contribution in [-0.4, -0.2) is 24.8 Å². The summed E-state index contributed by atoms with van der Waals surface area (Å²) in [6, 6.07) is 34.4. The lowest BCUT2D eigenvalue weighted by molar-refractivity contribution is -0.668. The summed E-state index contributed by atoms with van der Waals surface area (Å²) in [6.45, 7) is 1.77. The number of piperidine rings is 1. The predicted molar refractivity (Wildman–Crippen MR) is 136 cm³/mol. The van der Waals surface area contributed by atoms with E-state index < -0.39 is 11.6 Å². The molecule has 0 bridgehead atoms. The number of carbonyl (C=O) groups is 2. The number of hydrogen-bond donors (Lipinski definition) is 1. The largest absolute Gasteiger partial charge is 0.450 e. The Balaban J connectivity index is 1.42. The summed E-state index contributed by atoms with van der Waals surface area (Å²) in [4.78, 5) is 27.0. The standard InChI is InChI=1S/C31H27NO3/c33-29(25-17-15-24(16-18-25)23-9-3-1-4-10-23)27-13-7-8-14-28(27)30(34)35-31(19-21-32-22-20-31)26-11-5-2-6-12-26/h1-18,32H,19-22H2/p+1. The van der Waals surface area contributed by atoms with Crippen LogP contribution in [0.3, 0.4) is 0 Å². The Labute approximate surface area is 205 Å². The van der Waals surface area contributed by atoms with E-state index in [9.17, 15) is 9.59 Å². The molecule has 4 heteroatoms. The van der Waals surface area contributed by atoms with Crippen molar-refractivity contribution in [3.05, 3.63) is 131 Å². The molecular weight excluding hydrogens is 434 g/mol. The summed E-state index contributed by atoms with van der Waals surface area (Å²) in [6.07, 6.45) is 1.47. The SMILES string of the molecule is O=C(OC1(c2ccccc2)CC[NH2+]CC1)c1ccccc1C(=O)c1ccc(-c2ccccc2)cc1. The second-order valence-electron chi connectivity index (χ2n) is 8.93. The van der Waals surface area contributed by atoms with Crippen LogP contribution in [0.2, 0.25) is 0 Å². The molecule has 1 aliphatic heterocycles. The van der Waals surface area contributed by atoms with Gasteiger partial charge >= 0.3 is 5.97 Å². The molecule has 5 rings (SSSR count). The van der Waals surface area contributed by atoms with Gasteiger partial charge in [0.1, 0.15) is 5.60 Å². The van der Waals surface area contributed by atoms with Crippen molar-refractivity contribution in [2.75, 3.05) is 13.1 Å².